The summed E-state index contributed by atoms with van der Waals surface area (Å²) < 4.78 is 5.95. The molecule has 30 heavy (non-hydrogen) atoms. The molecule has 1 aliphatic rings. The molecule has 6 nitrogen and oxygen atoms in total. The number of nitrogens with zero attached hydrogens (tertiary/aromatic N) is 1. The predicted molar refractivity (Wildman–Crippen MR) is 119 cm³/mol. The first-order chi connectivity index (χ1) is 14.6. The molecule has 1 saturated carbocycles. The van der Waals surface area contributed by atoms with Crippen LogP contribution in [-0.2, 0) is 4.79 Å². The molecule has 0 unspecified atom stereocenters. The third-order valence-electron chi connectivity index (χ3n) is 4.95. The van der Waals surface area contributed by atoms with Gasteiger partial charge >= 0.3 is 0 Å². The Morgan fingerprint density at radius 1 is 1.00 bits per heavy atom. The lowest BCUT2D eigenvalue weighted by Gasteiger charge is -2.13. The van der Waals surface area contributed by atoms with Crippen LogP contribution in [0.5, 0.6) is 5.75 Å². The van der Waals surface area contributed by atoms with E-state index < -0.39 is 0 Å². The van der Waals surface area contributed by atoms with Gasteiger partial charge in [0.1, 0.15) is 5.75 Å². The molecule has 2 aromatic carbocycles. The zero-order valence-corrected chi connectivity index (χ0v) is 17.5. The van der Waals surface area contributed by atoms with E-state index in [0.29, 0.717) is 16.8 Å². The maximum atomic E-state index is 12.5. The van der Waals surface area contributed by atoms with Gasteiger partial charge in [-0.1, -0.05) is 12.1 Å². The fourth-order valence-electron chi connectivity index (χ4n) is 3.44. The average Bonchev–Trinajstić information content (AvgIpc) is 3.41. The second-order valence-corrected chi connectivity index (χ2v) is 8.16. The highest BCUT2D eigenvalue weighted by atomic mass is 32.1. The average molecular weight is 422 g/mol. The summed E-state index contributed by atoms with van der Waals surface area (Å²) in [6, 6.07) is 14.6. The van der Waals surface area contributed by atoms with Crippen molar-refractivity contribution in [1.29, 1.82) is 0 Å². The van der Waals surface area contributed by atoms with E-state index in [1.807, 2.05) is 41.8 Å². The minimum Gasteiger partial charge on any atom is -0.490 e. The molecule has 154 valence electrons. The summed E-state index contributed by atoms with van der Waals surface area (Å²) in [5.41, 5.74) is 2.97. The first-order valence-corrected chi connectivity index (χ1v) is 10.9. The molecule has 3 aromatic rings. The summed E-state index contributed by atoms with van der Waals surface area (Å²) in [6.45, 7) is 1.47. The fraction of sp³-hybridized carbons (Fsp3) is 0.261. The minimum absolute atomic E-state index is 0.112. The third kappa shape index (κ3) is 5.04. The SMILES string of the molecule is CC(=O)Nc1ccc(-c2csc(NC(=O)c3ccc(OC4CCCC4)cc3)n2)cc1. The Morgan fingerprint density at radius 3 is 2.37 bits per heavy atom. The Bertz CT molecular complexity index is 1020. The van der Waals surface area contributed by atoms with Crippen molar-refractivity contribution < 1.29 is 14.3 Å². The number of anilines is 2. The Kier molecular flexibility index (Phi) is 6.09. The summed E-state index contributed by atoms with van der Waals surface area (Å²) in [4.78, 5) is 28.2. The molecule has 1 fully saturated rings. The quantitative estimate of drug-likeness (QED) is 0.563. The van der Waals surface area contributed by atoms with Crippen LogP contribution in [0, 0.1) is 0 Å². The van der Waals surface area contributed by atoms with Crippen LogP contribution < -0.4 is 15.4 Å². The van der Waals surface area contributed by atoms with Gasteiger partial charge in [0.2, 0.25) is 5.91 Å². The highest BCUT2D eigenvalue weighted by molar-refractivity contribution is 7.14. The van der Waals surface area contributed by atoms with Gasteiger partial charge in [-0.05, 0) is 62.1 Å². The minimum atomic E-state index is -0.204. The Hall–Kier alpha value is -3.19. The van der Waals surface area contributed by atoms with Crippen LogP contribution in [0.1, 0.15) is 43.0 Å². The van der Waals surface area contributed by atoms with Crippen molar-refractivity contribution in [3.8, 4) is 17.0 Å². The summed E-state index contributed by atoms with van der Waals surface area (Å²) in [7, 11) is 0. The first-order valence-electron chi connectivity index (χ1n) is 9.98. The van der Waals surface area contributed by atoms with Gasteiger partial charge in [0.15, 0.2) is 5.13 Å². The molecule has 0 atom stereocenters. The maximum Gasteiger partial charge on any atom is 0.257 e. The molecule has 4 rings (SSSR count). The van der Waals surface area contributed by atoms with E-state index in [4.69, 9.17) is 4.74 Å². The number of benzene rings is 2. The van der Waals surface area contributed by atoms with Crippen molar-refractivity contribution in [2.24, 2.45) is 0 Å². The molecule has 1 heterocycles. The lowest BCUT2D eigenvalue weighted by molar-refractivity contribution is -0.114. The van der Waals surface area contributed by atoms with Gasteiger partial charge in [-0.2, -0.15) is 0 Å². The van der Waals surface area contributed by atoms with Gasteiger partial charge in [-0.15, -0.1) is 11.3 Å². The molecule has 0 saturated heterocycles. The molecule has 0 radical (unpaired) electrons. The van der Waals surface area contributed by atoms with E-state index in [1.54, 1.807) is 12.1 Å². The Labute approximate surface area is 179 Å². The number of carbonyl (C=O) groups excluding carboxylic acids is 2. The van der Waals surface area contributed by atoms with Gasteiger partial charge in [-0.3, -0.25) is 14.9 Å². The summed E-state index contributed by atoms with van der Waals surface area (Å²) >= 11 is 1.37. The van der Waals surface area contributed by atoms with Crippen molar-refractivity contribution in [2.45, 2.75) is 38.7 Å². The third-order valence-corrected chi connectivity index (χ3v) is 5.70. The number of hydrogen-bond acceptors (Lipinski definition) is 5. The van der Waals surface area contributed by atoms with Crippen LogP contribution in [0.4, 0.5) is 10.8 Å². The zero-order chi connectivity index (χ0) is 20.9. The number of amides is 2. The van der Waals surface area contributed by atoms with Crippen molar-refractivity contribution in [3.63, 3.8) is 0 Å². The molecule has 7 heteroatoms. The molecule has 2 N–H and O–H groups in total. The van der Waals surface area contributed by atoms with Crippen LogP contribution in [-0.4, -0.2) is 22.9 Å². The van der Waals surface area contributed by atoms with Crippen LogP contribution in [0.2, 0.25) is 0 Å². The number of hydrogen-bond donors (Lipinski definition) is 2. The molecule has 1 aromatic heterocycles. The van der Waals surface area contributed by atoms with Crippen molar-refractivity contribution in [2.75, 3.05) is 10.6 Å². The largest absolute Gasteiger partial charge is 0.490 e. The van der Waals surface area contributed by atoms with Gasteiger partial charge < -0.3 is 10.1 Å². The molecule has 0 spiro atoms. The molecule has 2 amide bonds. The lowest BCUT2D eigenvalue weighted by Crippen LogP contribution is -2.13. The molecule has 0 bridgehead atoms. The van der Waals surface area contributed by atoms with E-state index in [1.165, 1.54) is 31.1 Å². The second kappa shape index (κ2) is 9.09. The van der Waals surface area contributed by atoms with E-state index in [9.17, 15) is 9.59 Å². The van der Waals surface area contributed by atoms with Crippen molar-refractivity contribution in [3.05, 3.63) is 59.5 Å². The monoisotopic (exact) mass is 421 g/mol. The Morgan fingerprint density at radius 2 is 1.70 bits per heavy atom. The van der Waals surface area contributed by atoms with E-state index in [-0.39, 0.29) is 11.8 Å². The first kappa shape index (κ1) is 20.1. The van der Waals surface area contributed by atoms with Crippen LogP contribution in [0.15, 0.2) is 53.9 Å². The topological polar surface area (TPSA) is 80.3 Å². The van der Waals surface area contributed by atoms with Gasteiger partial charge in [-0.25, -0.2) is 4.98 Å². The molecule has 1 aliphatic carbocycles. The number of ether oxygens (including phenoxy) is 1. The number of carbonyl (C=O) groups is 2. The molecule has 0 aliphatic heterocycles. The van der Waals surface area contributed by atoms with E-state index in [2.05, 4.69) is 15.6 Å². The van der Waals surface area contributed by atoms with Crippen molar-refractivity contribution >= 4 is 34.0 Å². The highest BCUT2D eigenvalue weighted by Crippen LogP contribution is 2.27. The van der Waals surface area contributed by atoms with Crippen LogP contribution in [0.3, 0.4) is 0 Å². The summed E-state index contributed by atoms with van der Waals surface area (Å²) in [5.74, 6) is 0.488. The summed E-state index contributed by atoms with van der Waals surface area (Å²) in [5, 5.41) is 8.01. The smallest absolute Gasteiger partial charge is 0.257 e. The maximum absolute atomic E-state index is 12.5. The summed E-state index contributed by atoms with van der Waals surface area (Å²) in [6.07, 6.45) is 4.95. The fourth-order valence-corrected chi connectivity index (χ4v) is 4.16. The number of nitrogens with one attached hydrogen (secondary N) is 2. The molecular weight excluding hydrogens is 398 g/mol. The number of thiazole rings is 1. The Balaban J connectivity index is 1.37. The van der Waals surface area contributed by atoms with E-state index >= 15 is 0 Å². The van der Waals surface area contributed by atoms with Crippen LogP contribution in [0.25, 0.3) is 11.3 Å². The zero-order valence-electron chi connectivity index (χ0n) is 16.7. The van der Waals surface area contributed by atoms with Crippen molar-refractivity contribution in [1.82, 2.24) is 4.98 Å². The molecular formula is C23H23N3O3S. The predicted octanol–water partition coefficient (Wildman–Crippen LogP) is 5.34. The lowest BCUT2D eigenvalue weighted by atomic mass is 10.1. The van der Waals surface area contributed by atoms with Gasteiger partial charge in [0, 0.05) is 29.1 Å². The van der Waals surface area contributed by atoms with Gasteiger partial charge in [0.05, 0.1) is 11.8 Å². The normalized spacial score (nSPS) is 13.8. The second-order valence-electron chi connectivity index (χ2n) is 7.30. The number of aromatic nitrogens is 1. The standard InChI is InChI=1S/C23H23N3O3S/c1-15(27)24-18-10-6-16(7-11-18)21-14-30-23(25-21)26-22(28)17-8-12-20(13-9-17)29-19-4-2-3-5-19/h6-14,19H,2-5H2,1H3,(H,24,27)(H,25,26,28). The van der Waals surface area contributed by atoms with E-state index in [0.717, 1.165) is 35.5 Å². The van der Waals surface area contributed by atoms with Crippen LogP contribution >= 0.6 is 11.3 Å². The highest BCUT2D eigenvalue weighted by Gasteiger charge is 2.17. The number of rotatable bonds is 6. The van der Waals surface area contributed by atoms with Gasteiger partial charge in [0.25, 0.3) is 5.91 Å².